The zero-order chi connectivity index (χ0) is 97.2. The third-order valence-electron chi connectivity index (χ3n) is 25.6. The van der Waals surface area contributed by atoms with E-state index in [2.05, 4.69) is 83.6 Å². The number of para-hydroxylation sites is 3. The molecule has 6 unspecified atom stereocenters. The number of carbonyl (C=O) groups excluding carboxylic acids is 7. The Bertz CT molecular complexity index is 5660. The molecule has 3 spiro atoms. The van der Waals surface area contributed by atoms with Crippen LogP contribution in [-0.2, 0) is 33.5 Å². The number of ketones is 2. The minimum Gasteiger partial charge on any atom is -0.508 e. The summed E-state index contributed by atoms with van der Waals surface area (Å²) in [5, 5.41) is 29.5. The molecule has 3 saturated carbocycles. The van der Waals surface area contributed by atoms with Crippen LogP contribution in [0.1, 0.15) is 276 Å². The van der Waals surface area contributed by atoms with Gasteiger partial charge < -0.3 is 49.5 Å². The molecule has 22 nitrogen and oxygen atoms in total. The van der Waals surface area contributed by atoms with Crippen molar-refractivity contribution < 1.29 is 72.7 Å². The second-order valence-electron chi connectivity index (χ2n) is 39.0. The second kappa shape index (κ2) is 45.0. The van der Waals surface area contributed by atoms with Crippen molar-refractivity contribution in [2.24, 2.45) is 61.3 Å². The third kappa shape index (κ3) is 25.5. The smallest absolute Gasteiger partial charge is 0.337 e. The number of phenols is 1. The molecule has 706 valence electrons. The minimum atomic E-state index is -0.964. The summed E-state index contributed by atoms with van der Waals surface area (Å²) in [6, 6.07) is 71.8. The Hall–Kier alpha value is -12.5. The average molecular weight is 1880 g/mol. The fourth-order valence-electron chi connectivity index (χ4n) is 19.9. The van der Waals surface area contributed by atoms with Crippen LogP contribution in [0.4, 0.5) is 0 Å². The quantitative estimate of drug-likeness (QED) is 0.0323. The average Bonchev–Trinajstić information content (AvgIpc) is 1.59. The number of benzene rings is 9. The highest BCUT2D eigenvalue weighted by Crippen LogP contribution is 2.53. The maximum Gasteiger partial charge on any atom is 0.337 e. The van der Waals surface area contributed by atoms with Gasteiger partial charge in [-0.2, -0.15) is 0 Å². The molecule has 4 N–H and O–H groups in total. The molecule has 3 aliphatic heterocycles. The van der Waals surface area contributed by atoms with Crippen molar-refractivity contribution in [2.75, 3.05) is 13.7 Å². The molecule has 3 heterocycles. The van der Waals surface area contributed by atoms with Gasteiger partial charge in [0.2, 0.25) is 0 Å². The number of Topliss-reactive ketones (excluding diaryl/α,β-unsaturated/α-hetero) is 2. The molecule has 0 bridgehead atoms. The second-order valence-corrected chi connectivity index (χ2v) is 39.9. The molecule has 0 radical (unpaired) electrons. The van der Waals surface area contributed by atoms with E-state index in [4.69, 9.17) is 39.4 Å². The highest BCUT2D eigenvalue weighted by molar-refractivity contribution is 9.10. The van der Waals surface area contributed by atoms with E-state index < -0.39 is 39.8 Å². The van der Waals surface area contributed by atoms with Crippen LogP contribution in [0.5, 0.6) is 28.7 Å². The molecule has 3 fully saturated rings. The first-order chi connectivity index (χ1) is 63.7. The number of rotatable bonds is 24. The molecule has 9 aromatic rings. The highest BCUT2D eigenvalue weighted by Gasteiger charge is 2.56. The molecule has 9 aromatic carbocycles. The Morgan fingerprint density at radius 3 is 1.04 bits per heavy atom. The van der Waals surface area contributed by atoms with Crippen molar-refractivity contribution in [3.63, 3.8) is 0 Å². The van der Waals surface area contributed by atoms with Gasteiger partial charge in [-0.25, -0.2) is 9.59 Å². The van der Waals surface area contributed by atoms with Gasteiger partial charge in [0, 0.05) is 44.1 Å². The summed E-state index contributed by atoms with van der Waals surface area (Å²) >= 11 is 3.54. The van der Waals surface area contributed by atoms with Crippen molar-refractivity contribution in [3.8, 4) is 28.7 Å². The molecule has 6 aliphatic rings. The molecule has 9 atom stereocenters. The van der Waals surface area contributed by atoms with E-state index in [0.29, 0.717) is 93.9 Å². The molecular weight excluding hydrogens is 1750 g/mol. The van der Waals surface area contributed by atoms with E-state index in [9.17, 15) is 48.3 Å². The number of nitrogens with zero attached hydrogens (tertiary/aromatic N) is 6. The number of methoxy groups -OCH3 is 1. The number of aliphatic imine (C=N–C) groups is 3. The fourth-order valence-corrected chi connectivity index (χ4v) is 20.3. The van der Waals surface area contributed by atoms with Crippen LogP contribution in [-0.4, -0.2) is 131 Å². The van der Waals surface area contributed by atoms with Crippen molar-refractivity contribution in [1.29, 1.82) is 0 Å². The summed E-state index contributed by atoms with van der Waals surface area (Å²) in [6.07, 6.45) is 10.3. The Morgan fingerprint density at radius 2 is 0.739 bits per heavy atom. The normalized spacial score (nSPS) is 21.9. The molecule has 15 rings (SSSR count). The van der Waals surface area contributed by atoms with E-state index in [1.165, 1.54) is 7.11 Å². The van der Waals surface area contributed by atoms with Crippen LogP contribution in [0.25, 0.3) is 0 Å². The number of carboxylic acid groups (broad SMARTS) is 2. The first kappa shape index (κ1) is 102. The molecular formula is C111H130BrN7O15. The van der Waals surface area contributed by atoms with Gasteiger partial charge in [-0.05, 0) is 238 Å². The van der Waals surface area contributed by atoms with E-state index in [1.54, 1.807) is 60.7 Å². The molecule has 3 aliphatic carbocycles. The predicted octanol–water partition coefficient (Wildman–Crippen LogP) is 23.9. The lowest BCUT2D eigenvalue weighted by molar-refractivity contribution is -0.137. The molecule has 0 aromatic heterocycles. The van der Waals surface area contributed by atoms with Gasteiger partial charge in [-0.3, -0.25) is 48.5 Å². The number of aromatic carboxylic acids is 1. The van der Waals surface area contributed by atoms with Crippen molar-refractivity contribution in [1.82, 2.24) is 20.0 Å². The number of carboxylic acids is 2. The first-order valence-electron chi connectivity index (χ1n) is 46.9. The Kier molecular flexibility index (Phi) is 34.3. The number of aliphatic carboxylic acids is 1. The molecule has 23 heteroatoms. The van der Waals surface area contributed by atoms with E-state index >= 15 is 0 Å². The number of aromatic hydroxyl groups is 1. The van der Waals surface area contributed by atoms with Gasteiger partial charge in [0.1, 0.15) is 74.4 Å². The molecule has 4 amide bonds. The molecule has 134 heavy (non-hydrogen) atoms. The van der Waals surface area contributed by atoms with Gasteiger partial charge in [0.25, 0.3) is 23.6 Å². The van der Waals surface area contributed by atoms with Crippen LogP contribution >= 0.6 is 15.9 Å². The monoisotopic (exact) mass is 1880 g/mol. The van der Waals surface area contributed by atoms with Crippen LogP contribution < -0.4 is 14.8 Å². The van der Waals surface area contributed by atoms with Crippen LogP contribution in [0.15, 0.2) is 256 Å². The highest BCUT2D eigenvalue weighted by atomic mass is 79.9. The fraction of sp³-hybridized carbons (Fsp3) is 0.405. The molecule has 0 saturated heterocycles. The first-order valence-corrected chi connectivity index (χ1v) is 47.6. The lowest BCUT2D eigenvalue weighted by Gasteiger charge is -2.47. The van der Waals surface area contributed by atoms with Gasteiger partial charge in [0.05, 0.1) is 49.2 Å². The van der Waals surface area contributed by atoms with E-state index in [1.807, 2.05) is 232 Å². The number of amides is 4. The largest absolute Gasteiger partial charge is 0.508 e. The van der Waals surface area contributed by atoms with E-state index in [-0.39, 0.29) is 84.2 Å². The SMILES string of the molecule is CC(C)(C)C(=O)CC(=O)C(C)(C)C.CC[C@H](c1ccc(C(=O)NCCC(=O)O)cc1)N1C(=O)C(c2cccc(Oc3ccccc3)c2)=NC12CC(C)CC(C)C2.CC[C@H](c1ccc(C(=O)O)cc1)N1C(=O)C(c2cccc(Oc3ccccc3)c2)=NC12CC(C)CC(C)C2.CC[C@H](c1ccc(C(=O)OC)cc1)N1C(=O)C(c2cccc(Br)c2)=NC12CC(C)CC(C)C2.Oc1ccccc1. The maximum atomic E-state index is 14.4. The van der Waals surface area contributed by atoms with Crippen molar-refractivity contribution in [3.05, 3.63) is 291 Å². The Morgan fingerprint density at radius 1 is 0.425 bits per heavy atom. The van der Waals surface area contributed by atoms with Gasteiger partial charge >= 0.3 is 17.9 Å². The summed E-state index contributed by atoms with van der Waals surface area (Å²) in [4.78, 5) is 134. The summed E-state index contributed by atoms with van der Waals surface area (Å²) in [5.41, 5.74) is 5.18. The number of carbonyl (C=O) groups is 9. The van der Waals surface area contributed by atoms with Crippen molar-refractivity contribution >= 4 is 86.2 Å². The summed E-state index contributed by atoms with van der Waals surface area (Å²) in [5.74, 6) is 2.92. The maximum absolute atomic E-state index is 14.4. The standard InChI is InChI=1S/C35H39N3O5.C32H34N2O4.C27H31BrN2O3.C11H20O2.C6H6O/c1-4-30(25-13-15-26(16-14-25)33(41)36-18-17-31(39)40)38-34(42)32(37-35(38)21-23(2)19-24(3)22-35)27-9-8-12-29(20-27)43-28-10-6-5-7-11-28;1-4-28(23-13-15-24(16-14-23)31(36)37)34-30(35)29(33-32(34)19-21(2)17-22(3)20-32)25-9-8-12-27(18-25)38-26-10-6-5-7-11-26;1-5-23(19-9-11-20(12-10-19)26(32)33-4)30-25(31)24(21-7-6-8-22(28)14-21)29-27(30)15-17(2)13-18(3)16-27;1-10(2,3)8(12)7-9(13)11(4,5)6;7-6-4-2-1-3-5-6/h5-16,20,23-24,30H,4,17-19,21-22H2,1-3H3,(H,36,41)(H,39,40);5-16,18,21-22,28H,4,17,19-20H2,1-3H3,(H,36,37);6-12,14,17-18,23H,5,13,15-16H2,1-4H3;7H2,1-6H3;1-5,7H/t23?,24?,30-,35?;21?,22?,28-,32?;17?,18?,23-,27?;;/m111../s1. The lowest BCUT2D eigenvalue weighted by Crippen LogP contribution is -2.52. The number of esters is 1. The number of phenolic OH excluding ortho intramolecular Hbond substituents is 1. The van der Waals surface area contributed by atoms with E-state index in [0.717, 1.165) is 114 Å². The number of ether oxygens (including phenoxy) is 3. The van der Waals surface area contributed by atoms with Gasteiger partial charge in [0.15, 0.2) is 0 Å². The van der Waals surface area contributed by atoms with Gasteiger partial charge in [-0.1, -0.05) is 247 Å². The Labute approximate surface area is 797 Å². The summed E-state index contributed by atoms with van der Waals surface area (Å²) in [6.45, 7) is 30.8. The number of hydrogen-bond donors (Lipinski definition) is 4. The van der Waals surface area contributed by atoms with Crippen molar-refractivity contribution in [2.45, 2.75) is 229 Å². The van der Waals surface area contributed by atoms with Crippen LogP contribution in [0.2, 0.25) is 0 Å². The number of hydrogen-bond acceptors (Lipinski definition) is 16. The third-order valence-corrected chi connectivity index (χ3v) is 26.1. The lowest BCUT2D eigenvalue weighted by atomic mass is 9.75. The Balaban J connectivity index is 0.000000176. The van der Waals surface area contributed by atoms with Gasteiger partial charge in [-0.15, -0.1) is 0 Å². The topological polar surface area (TPSA) is 301 Å². The zero-order valence-corrected chi connectivity index (χ0v) is 81.7. The number of halogens is 1. The zero-order valence-electron chi connectivity index (χ0n) is 80.1. The summed E-state index contributed by atoms with van der Waals surface area (Å²) in [7, 11) is 1.38. The number of nitrogens with one attached hydrogen (secondary N) is 1. The predicted molar refractivity (Wildman–Crippen MR) is 528 cm³/mol. The minimum absolute atomic E-state index is 0.0155. The summed E-state index contributed by atoms with van der Waals surface area (Å²) < 4.78 is 17.9. The van der Waals surface area contributed by atoms with Crippen LogP contribution in [0.3, 0.4) is 0 Å². The van der Waals surface area contributed by atoms with Crippen LogP contribution in [0, 0.1) is 46.3 Å².